The second kappa shape index (κ2) is 7.20. The molecule has 1 heterocycles. The van der Waals surface area contributed by atoms with Crippen LogP contribution in [0.3, 0.4) is 0 Å². The van der Waals surface area contributed by atoms with Gasteiger partial charge in [-0.2, -0.15) is 0 Å². The zero-order valence-corrected chi connectivity index (χ0v) is 14.0. The number of esters is 1. The summed E-state index contributed by atoms with van der Waals surface area (Å²) in [6.45, 7) is 0. The quantitative estimate of drug-likeness (QED) is 0.522. The predicted octanol–water partition coefficient (Wildman–Crippen LogP) is 3.82. The van der Waals surface area contributed by atoms with Gasteiger partial charge in [-0.3, -0.25) is 0 Å². The Bertz CT molecular complexity index is 541. The highest BCUT2D eigenvalue weighted by atomic mass is 79.9. The standard InChI is InChI=1S/C10H9NO3.BBr3/c1-14-10(13)8-5-6-7(11-8)3-2-4-9(6)12;2-1(3)4/h2-5,11-12H,1H3;. The zero-order chi connectivity index (χ0) is 13.7. The third kappa shape index (κ3) is 4.33. The van der Waals surface area contributed by atoms with Crippen molar-refractivity contribution < 1.29 is 14.6 Å². The van der Waals surface area contributed by atoms with Crippen LogP contribution >= 0.6 is 47.3 Å². The molecule has 2 rings (SSSR count). The summed E-state index contributed by atoms with van der Waals surface area (Å²) in [7, 11) is 1.31. The Morgan fingerprint density at radius 2 is 2.00 bits per heavy atom. The Kier molecular flexibility index (Phi) is 6.24. The number of fused-ring (bicyclic) bond motifs is 1. The SMILES string of the molecule is BrB(Br)Br.COC(=O)c1cc2c(O)cccc2[nH]1. The van der Waals surface area contributed by atoms with Crippen LogP contribution in [0, 0.1) is 0 Å². The van der Waals surface area contributed by atoms with Crippen molar-refractivity contribution in [2.24, 2.45) is 0 Å². The summed E-state index contributed by atoms with van der Waals surface area (Å²) in [6.07, 6.45) is 0. The van der Waals surface area contributed by atoms with Gasteiger partial charge in [0.15, 0.2) is 0 Å². The fourth-order valence-corrected chi connectivity index (χ4v) is 1.36. The Balaban J connectivity index is 0.000000357. The van der Waals surface area contributed by atoms with E-state index in [1.807, 2.05) is 0 Å². The first-order chi connectivity index (χ1) is 8.45. The number of aromatic amines is 1. The van der Waals surface area contributed by atoms with Gasteiger partial charge in [-0.15, -0.1) is 47.3 Å². The molecule has 0 fully saturated rings. The van der Waals surface area contributed by atoms with Gasteiger partial charge in [-0.05, 0) is 18.2 Å². The van der Waals surface area contributed by atoms with E-state index >= 15 is 0 Å². The van der Waals surface area contributed by atoms with Crippen LogP contribution < -0.4 is 0 Å². The number of nitrogens with one attached hydrogen (secondary N) is 1. The van der Waals surface area contributed by atoms with Gasteiger partial charge in [0.25, 0.3) is 0 Å². The van der Waals surface area contributed by atoms with E-state index in [0.717, 1.165) is 0 Å². The lowest BCUT2D eigenvalue weighted by Gasteiger charge is -1.91. The number of methoxy groups -OCH3 is 1. The van der Waals surface area contributed by atoms with Crippen LogP contribution in [0.2, 0.25) is 0 Å². The first-order valence-electron chi connectivity index (χ1n) is 4.77. The minimum absolute atomic E-state index is 0.147. The molecule has 0 amide bonds. The molecule has 0 unspecified atom stereocenters. The number of hydrogen-bond donors (Lipinski definition) is 2. The Morgan fingerprint density at radius 3 is 2.50 bits per heavy atom. The summed E-state index contributed by atoms with van der Waals surface area (Å²) in [6, 6.07) is 6.62. The molecular formula is C10H9BBr3NO3. The van der Waals surface area contributed by atoms with Crippen LogP contribution in [0.5, 0.6) is 5.75 Å². The van der Waals surface area contributed by atoms with E-state index in [4.69, 9.17) is 0 Å². The molecule has 4 nitrogen and oxygen atoms in total. The summed E-state index contributed by atoms with van der Waals surface area (Å²) >= 11 is 9.31. The predicted molar refractivity (Wildman–Crippen MR) is 83.8 cm³/mol. The number of aromatic nitrogens is 1. The van der Waals surface area contributed by atoms with Crippen molar-refractivity contribution in [3.05, 3.63) is 30.0 Å². The van der Waals surface area contributed by atoms with E-state index in [1.54, 1.807) is 24.3 Å². The molecule has 2 N–H and O–H groups in total. The fourth-order valence-electron chi connectivity index (χ4n) is 1.36. The maximum Gasteiger partial charge on any atom is 0.369 e. The summed E-state index contributed by atoms with van der Waals surface area (Å²) in [4.78, 5) is 14.0. The average Bonchev–Trinajstić information content (AvgIpc) is 2.72. The van der Waals surface area contributed by atoms with Gasteiger partial charge >= 0.3 is 9.15 Å². The number of ether oxygens (including phenoxy) is 1. The molecule has 96 valence electrons. The van der Waals surface area contributed by atoms with Crippen LogP contribution in [0.25, 0.3) is 10.9 Å². The maximum absolute atomic E-state index is 11.2. The number of rotatable bonds is 1. The van der Waals surface area contributed by atoms with Crippen molar-refractivity contribution >= 4 is 67.3 Å². The van der Waals surface area contributed by atoms with Gasteiger partial charge in [0.2, 0.25) is 0 Å². The number of hydrogen-bond acceptors (Lipinski definition) is 3. The summed E-state index contributed by atoms with van der Waals surface area (Å²) in [5.41, 5.74) is 1.05. The molecule has 0 bridgehead atoms. The largest absolute Gasteiger partial charge is 0.507 e. The molecule has 0 aliphatic heterocycles. The first-order valence-corrected chi connectivity index (χ1v) is 7.51. The van der Waals surface area contributed by atoms with Crippen molar-refractivity contribution in [2.45, 2.75) is 0 Å². The molecule has 0 spiro atoms. The molecule has 0 aliphatic carbocycles. The van der Waals surface area contributed by atoms with Gasteiger partial charge in [0, 0.05) is 10.9 Å². The number of halogens is 3. The number of carbonyl (C=O) groups is 1. The number of benzene rings is 1. The number of phenols is 1. The highest BCUT2D eigenvalue weighted by Gasteiger charge is 2.10. The number of aromatic hydroxyl groups is 1. The minimum Gasteiger partial charge on any atom is -0.507 e. The molecule has 18 heavy (non-hydrogen) atoms. The molecule has 0 saturated carbocycles. The van der Waals surface area contributed by atoms with Crippen molar-refractivity contribution in [1.29, 1.82) is 0 Å². The van der Waals surface area contributed by atoms with Crippen LogP contribution in [0.15, 0.2) is 24.3 Å². The summed E-state index contributed by atoms with van der Waals surface area (Å²) in [5.74, 6) is -0.297. The normalized spacial score (nSPS) is 9.56. The lowest BCUT2D eigenvalue weighted by molar-refractivity contribution is 0.0595. The Morgan fingerprint density at radius 1 is 1.39 bits per heavy atom. The van der Waals surface area contributed by atoms with Gasteiger partial charge < -0.3 is 14.8 Å². The third-order valence-electron chi connectivity index (χ3n) is 2.05. The molecule has 0 aliphatic rings. The second-order valence-corrected chi connectivity index (χ2v) is 9.59. The van der Waals surface area contributed by atoms with Crippen LogP contribution in [0.1, 0.15) is 10.5 Å². The summed E-state index contributed by atoms with van der Waals surface area (Å²) < 4.78 is 4.82. The molecule has 8 heteroatoms. The van der Waals surface area contributed by atoms with Crippen molar-refractivity contribution in [3.63, 3.8) is 0 Å². The molecule has 2 aromatic rings. The maximum atomic E-state index is 11.2. The molecule has 1 aromatic heterocycles. The molecule has 0 atom stereocenters. The van der Waals surface area contributed by atoms with Crippen molar-refractivity contribution in [2.75, 3.05) is 7.11 Å². The monoisotopic (exact) mass is 439 g/mol. The van der Waals surface area contributed by atoms with Crippen LogP contribution in [-0.2, 0) is 4.74 Å². The van der Waals surface area contributed by atoms with Gasteiger partial charge in [0.05, 0.1) is 7.11 Å². The van der Waals surface area contributed by atoms with E-state index in [2.05, 4.69) is 57.0 Å². The van der Waals surface area contributed by atoms with Gasteiger partial charge in [-0.25, -0.2) is 4.79 Å². The minimum atomic E-state index is -0.444. The van der Waals surface area contributed by atoms with E-state index in [-0.39, 0.29) is 8.93 Å². The molecule has 0 radical (unpaired) electrons. The van der Waals surface area contributed by atoms with E-state index < -0.39 is 5.97 Å². The highest BCUT2D eigenvalue weighted by molar-refractivity contribution is 9.69. The van der Waals surface area contributed by atoms with Crippen LogP contribution in [-0.4, -0.2) is 26.4 Å². The van der Waals surface area contributed by atoms with Crippen LogP contribution in [0.4, 0.5) is 0 Å². The Labute approximate surface area is 129 Å². The second-order valence-electron chi connectivity index (χ2n) is 3.16. The lowest BCUT2D eigenvalue weighted by Crippen LogP contribution is -2.00. The number of H-pyrrole nitrogens is 1. The third-order valence-corrected chi connectivity index (χ3v) is 2.05. The highest BCUT2D eigenvalue weighted by Crippen LogP contribution is 2.24. The summed E-state index contributed by atoms with van der Waals surface area (Å²) in [5, 5.41) is 10.1. The molecular weight excluding hydrogens is 433 g/mol. The molecule has 0 saturated heterocycles. The van der Waals surface area contributed by atoms with Gasteiger partial charge in [0.1, 0.15) is 11.4 Å². The van der Waals surface area contributed by atoms with E-state index in [1.165, 1.54) is 7.11 Å². The number of carbonyl (C=O) groups excluding carboxylic acids is 1. The van der Waals surface area contributed by atoms with Crippen molar-refractivity contribution in [1.82, 2.24) is 4.98 Å². The lowest BCUT2D eigenvalue weighted by atomic mass is 10.2. The van der Waals surface area contributed by atoms with Crippen molar-refractivity contribution in [3.8, 4) is 5.75 Å². The van der Waals surface area contributed by atoms with Gasteiger partial charge in [-0.1, -0.05) is 6.07 Å². The average molecular weight is 442 g/mol. The van der Waals surface area contributed by atoms with E-state index in [9.17, 15) is 9.90 Å². The topological polar surface area (TPSA) is 62.3 Å². The number of phenolic OH excluding ortho intramolecular Hbond substituents is 1. The smallest absolute Gasteiger partial charge is 0.369 e. The van der Waals surface area contributed by atoms with E-state index in [0.29, 0.717) is 16.6 Å². The molecule has 1 aromatic carbocycles. The first kappa shape index (κ1) is 15.6. The Hall–Kier alpha value is -0.465. The zero-order valence-electron chi connectivity index (χ0n) is 9.28. The fraction of sp³-hybridized carbons (Fsp3) is 0.100.